The molecule has 170 valence electrons. The zero-order chi connectivity index (χ0) is 23.0. The van der Waals surface area contributed by atoms with Crippen molar-refractivity contribution < 1.29 is 27.4 Å². The molecule has 0 saturated carbocycles. The molecule has 0 radical (unpaired) electrons. The summed E-state index contributed by atoms with van der Waals surface area (Å²) in [6.07, 6.45) is 0.802. The van der Waals surface area contributed by atoms with Crippen molar-refractivity contribution in [2.45, 2.75) is 25.2 Å². The Morgan fingerprint density at radius 1 is 0.968 bits per heavy atom. The minimum atomic E-state index is -4.07. The average molecular weight is 451 g/mol. The molecule has 2 aromatic carbocycles. The van der Waals surface area contributed by atoms with Crippen LogP contribution in [-0.2, 0) is 14.8 Å². The van der Waals surface area contributed by atoms with E-state index in [1.54, 1.807) is 24.3 Å². The van der Waals surface area contributed by atoms with Crippen LogP contribution in [0.15, 0.2) is 47.4 Å². The van der Waals surface area contributed by atoms with E-state index in [2.05, 4.69) is 19.2 Å². The van der Waals surface area contributed by atoms with Gasteiger partial charge < -0.3 is 19.5 Å². The lowest BCUT2D eigenvalue weighted by molar-refractivity contribution is -0.119. The van der Waals surface area contributed by atoms with E-state index in [-0.39, 0.29) is 23.1 Å². The van der Waals surface area contributed by atoms with Gasteiger partial charge in [-0.2, -0.15) is 0 Å². The second-order valence-corrected chi connectivity index (χ2v) is 9.12. The zero-order valence-corrected chi connectivity index (χ0v) is 19.4. The topological polar surface area (TPSA) is 94.2 Å². The Labute approximate surface area is 184 Å². The average Bonchev–Trinajstić information content (AvgIpc) is 2.76. The molecule has 0 aliphatic rings. The standard InChI is InChI=1S/C22H30N2O6S/c1-16(2)12-13-23-22(25)15-24(17-6-8-18(28-3)9-7-17)31(26,27)19-10-11-20(29-4)21(14-19)30-5/h6-11,14,16H,12-13,15H2,1-5H3,(H,23,25). The Kier molecular flexibility index (Phi) is 8.56. The summed E-state index contributed by atoms with van der Waals surface area (Å²) in [5.41, 5.74) is 0.342. The van der Waals surface area contributed by atoms with Crippen LogP contribution in [0, 0.1) is 5.92 Å². The minimum Gasteiger partial charge on any atom is -0.497 e. The van der Waals surface area contributed by atoms with E-state index in [0.717, 1.165) is 10.7 Å². The number of nitrogens with one attached hydrogen (secondary N) is 1. The smallest absolute Gasteiger partial charge is 0.264 e. The maximum atomic E-state index is 13.5. The fraction of sp³-hybridized carbons (Fsp3) is 0.409. The molecule has 0 aromatic heterocycles. The molecule has 0 spiro atoms. The predicted octanol–water partition coefficient (Wildman–Crippen LogP) is 3.07. The Bertz CT molecular complexity index is 974. The highest BCUT2D eigenvalue weighted by Gasteiger charge is 2.28. The van der Waals surface area contributed by atoms with E-state index >= 15 is 0 Å². The molecular formula is C22H30N2O6S. The number of benzene rings is 2. The van der Waals surface area contributed by atoms with Gasteiger partial charge in [0.2, 0.25) is 5.91 Å². The Morgan fingerprint density at radius 2 is 1.61 bits per heavy atom. The Morgan fingerprint density at radius 3 is 2.16 bits per heavy atom. The van der Waals surface area contributed by atoms with Crippen LogP contribution < -0.4 is 23.8 Å². The van der Waals surface area contributed by atoms with Crippen LogP contribution in [0.2, 0.25) is 0 Å². The van der Waals surface area contributed by atoms with Crippen molar-refractivity contribution in [2.24, 2.45) is 5.92 Å². The number of anilines is 1. The molecule has 1 amide bonds. The SMILES string of the molecule is COc1ccc(N(CC(=O)NCCC(C)C)S(=O)(=O)c2ccc(OC)c(OC)c2)cc1. The molecule has 0 bridgehead atoms. The third kappa shape index (κ3) is 6.27. The van der Waals surface area contributed by atoms with Crippen molar-refractivity contribution >= 4 is 21.6 Å². The first-order valence-electron chi connectivity index (χ1n) is 9.88. The van der Waals surface area contributed by atoms with Crippen LogP contribution in [0.1, 0.15) is 20.3 Å². The summed E-state index contributed by atoms with van der Waals surface area (Å²) >= 11 is 0. The largest absolute Gasteiger partial charge is 0.497 e. The first kappa shape index (κ1) is 24.3. The van der Waals surface area contributed by atoms with Gasteiger partial charge in [-0.25, -0.2) is 8.42 Å². The molecule has 0 atom stereocenters. The molecule has 0 saturated heterocycles. The van der Waals surface area contributed by atoms with Crippen LogP contribution >= 0.6 is 0 Å². The van der Waals surface area contributed by atoms with Gasteiger partial charge in [0.25, 0.3) is 10.0 Å². The van der Waals surface area contributed by atoms with Crippen LogP contribution in [0.25, 0.3) is 0 Å². The summed E-state index contributed by atoms with van der Waals surface area (Å²) in [7, 11) is 0.349. The van der Waals surface area contributed by atoms with Gasteiger partial charge in [-0.1, -0.05) is 13.8 Å². The number of nitrogens with zero attached hydrogens (tertiary/aromatic N) is 1. The molecule has 0 unspecified atom stereocenters. The molecule has 2 aromatic rings. The van der Waals surface area contributed by atoms with Gasteiger partial charge in [0.1, 0.15) is 12.3 Å². The van der Waals surface area contributed by atoms with Gasteiger partial charge >= 0.3 is 0 Å². The molecule has 0 heterocycles. The fourth-order valence-corrected chi connectivity index (χ4v) is 4.29. The van der Waals surface area contributed by atoms with Crippen LogP contribution in [0.3, 0.4) is 0 Å². The van der Waals surface area contributed by atoms with E-state index in [1.165, 1.54) is 39.5 Å². The van der Waals surface area contributed by atoms with E-state index in [1.807, 2.05) is 0 Å². The Hall–Kier alpha value is -2.94. The monoisotopic (exact) mass is 450 g/mol. The van der Waals surface area contributed by atoms with E-state index in [4.69, 9.17) is 14.2 Å². The first-order chi connectivity index (χ1) is 14.7. The summed E-state index contributed by atoms with van der Waals surface area (Å²) in [4.78, 5) is 12.5. The number of methoxy groups -OCH3 is 3. The van der Waals surface area contributed by atoms with Crippen molar-refractivity contribution in [3.8, 4) is 17.2 Å². The summed E-state index contributed by atoms with van der Waals surface area (Å²) in [6.45, 7) is 4.22. The van der Waals surface area contributed by atoms with E-state index in [9.17, 15) is 13.2 Å². The van der Waals surface area contributed by atoms with Gasteiger partial charge in [-0.3, -0.25) is 9.10 Å². The van der Waals surface area contributed by atoms with Crippen molar-refractivity contribution in [2.75, 3.05) is 38.7 Å². The van der Waals surface area contributed by atoms with Crippen LogP contribution in [0.4, 0.5) is 5.69 Å². The molecule has 31 heavy (non-hydrogen) atoms. The van der Waals surface area contributed by atoms with Crippen molar-refractivity contribution in [3.05, 3.63) is 42.5 Å². The van der Waals surface area contributed by atoms with Crippen LogP contribution in [-0.4, -0.2) is 48.7 Å². The number of amides is 1. The van der Waals surface area contributed by atoms with Crippen molar-refractivity contribution in [1.82, 2.24) is 5.32 Å². The van der Waals surface area contributed by atoms with Crippen molar-refractivity contribution in [3.63, 3.8) is 0 Å². The number of carbonyl (C=O) groups excluding carboxylic acids is 1. The molecule has 2 rings (SSSR count). The number of hydrogen-bond donors (Lipinski definition) is 1. The lowest BCUT2D eigenvalue weighted by Crippen LogP contribution is -2.41. The van der Waals surface area contributed by atoms with E-state index in [0.29, 0.717) is 29.6 Å². The molecule has 0 aliphatic carbocycles. The zero-order valence-electron chi connectivity index (χ0n) is 18.5. The highest BCUT2D eigenvalue weighted by atomic mass is 32.2. The number of hydrogen-bond acceptors (Lipinski definition) is 6. The van der Waals surface area contributed by atoms with E-state index < -0.39 is 10.0 Å². The number of ether oxygens (including phenoxy) is 3. The van der Waals surface area contributed by atoms with Crippen molar-refractivity contribution in [1.29, 1.82) is 0 Å². The highest BCUT2D eigenvalue weighted by molar-refractivity contribution is 7.92. The number of carbonyl (C=O) groups is 1. The maximum absolute atomic E-state index is 13.5. The Balaban J connectivity index is 2.41. The lowest BCUT2D eigenvalue weighted by atomic mass is 10.1. The minimum absolute atomic E-state index is 0.0176. The predicted molar refractivity (Wildman–Crippen MR) is 120 cm³/mol. The second kappa shape index (κ2) is 10.9. The van der Waals surface area contributed by atoms with Gasteiger partial charge in [0.05, 0.1) is 31.9 Å². The summed E-state index contributed by atoms with van der Waals surface area (Å²) < 4.78 is 43.6. The molecule has 0 fully saturated rings. The molecular weight excluding hydrogens is 420 g/mol. The summed E-state index contributed by atoms with van der Waals surface area (Å²) in [5.74, 6) is 1.30. The van der Waals surface area contributed by atoms with Crippen LogP contribution in [0.5, 0.6) is 17.2 Å². The third-order valence-electron chi connectivity index (χ3n) is 4.63. The molecule has 1 N–H and O–H groups in total. The van der Waals surface area contributed by atoms with Gasteiger partial charge in [0, 0.05) is 12.6 Å². The normalized spacial score (nSPS) is 11.2. The fourth-order valence-electron chi connectivity index (χ4n) is 2.85. The third-order valence-corrected chi connectivity index (χ3v) is 6.40. The molecule has 8 nitrogen and oxygen atoms in total. The maximum Gasteiger partial charge on any atom is 0.264 e. The van der Waals surface area contributed by atoms with Gasteiger partial charge in [-0.05, 0) is 48.7 Å². The molecule has 9 heteroatoms. The van der Waals surface area contributed by atoms with Gasteiger partial charge in [-0.15, -0.1) is 0 Å². The number of sulfonamides is 1. The van der Waals surface area contributed by atoms with Gasteiger partial charge in [0.15, 0.2) is 11.5 Å². The lowest BCUT2D eigenvalue weighted by Gasteiger charge is -2.24. The molecule has 0 aliphatic heterocycles. The number of rotatable bonds is 11. The summed E-state index contributed by atoms with van der Waals surface area (Å²) in [5, 5.41) is 2.79. The quantitative estimate of drug-likeness (QED) is 0.565. The first-order valence-corrected chi connectivity index (χ1v) is 11.3. The summed E-state index contributed by atoms with van der Waals surface area (Å²) in [6, 6.07) is 10.8. The highest BCUT2D eigenvalue weighted by Crippen LogP contribution is 2.32. The second-order valence-electron chi connectivity index (χ2n) is 7.26.